The normalized spacial score (nSPS) is 13.2. The van der Waals surface area contributed by atoms with Crippen molar-refractivity contribution in [2.24, 2.45) is 23.7 Å². The molecule has 0 spiro atoms. The van der Waals surface area contributed by atoms with Crippen LogP contribution in [0.3, 0.4) is 0 Å². The number of carbonyl (C=O) groups excluding carboxylic acids is 2. The van der Waals surface area contributed by atoms with Crippen molar-refractivity contribution in [3.63, 3.8) is 0 Å². The minimum atomic E-state index is 0.203. The third-order valence-corrected chi connectivity index (χ3v) is 10.3. The molecule has 0 aromatic carbocycles. The Morgan fingerprint density at radius 1 is 0.341 bits per heavy atom. The highest BCUT2D eigenvalue weighted by atomic mass is 16.1. The van der Waals surface area contributed by atoms with Gasteiger partial charge in [0.25, 0.3) is 0 Å². The maximum atomic E-state index is 11.9. The van der Waals surface area contributed by atoms with Gasteiger partial charge in [-0.15, -0.1) is 0 Å². The number of hydrogen-bond donors (Lipinski definition) is 0. The van der Waals surface area contributed by atoms with E-state index in [1.807, 2.05) is 27.7 Å². The summed E-state index contributed by atoms with van der Waals surface area (Å²) in [5, 5.41) is 0. The monoisotopic (exact) mass is 619 g/mol. The quantitative estimate of drug-likeness (QED) is 0.0662. The van der Waals surface area contributed by atoms with Crippen LogP contribution in [0.2, 0.25) is 0 Å². The average molecular weight is 619 g/mol. The minimum absolute atomic E-state index is 0.203. The van der Waals surface area contributed by atoms with Gasteiger partial charge in [-0.25, -0.2) is 0 Å². The lowest BCUT2D eigenvalue weighted by Gasteiger charge is -2.28. The van der Waals surface area contributed by atoms with E-state index < -0.39 is 0 Å². The van der Waals surface area contributed by atoms with E-state index in [1.165, 1.54) is 167 Å². The van der Waals surface area contributed by atoms with Gasteiger partial charge in [0.2, 0.25) is 0 Å². The lowest BCUT2D eigenvalue weighted by molar-refractivity contribution is -0.122. The summed E-state index contributed by atoms with van der Waals surface area (Å²) in [5.74, 6) is 3.16. The third kappa shape index (κ3) is 27.6. The Morgan fingerprint density at radius 2 is 0.568 bits per heavy atom. The summed E-state index contributed by atoms with van der Waals surface area (Å²) in [4.78, 5) is 23.8. The van der Waals surface area contributed by atoms with Crippen LogP contribution in [0.25, 0.3) is 0 Å². The van der Waals surface area contributed by atoms with Crippen molar-refractivity contribution in [1.82, 2.24) is 0 Å². The SMILES string of the molecule is CCCCCCCCC(CCCCCCCCC(=O)C(C)C)C(CCCCCCCC)CCCCCCCCC(=O)C(C)C. The second-order valence-electron chi connectivity index (χ2n) is 15.2. The van der Waals surface area contributed by atoms with Crippen molar-refractivity contribution < 1.29 is 9.59 Å². The molecule has 2 nitrogen and oxygen atoms in total. The Hall–Kier alpha value is -0.660. The minimum Gasteiger partial charge on any atom is -0.299 e. The molecule has 2 heteroatoms. The van der Waals surface area contributed by atoms with E-state index in [1.54, 1.807) is 0 Å². The molecule has 2 unspecified atom stereocenters. The lowest BCUT2D eigenvalue weighted by atomic mass is 9.78. The van der Waals surface area contributed by atoms with Crippen LogP contribution in [0, 0.1) is 23.7 Å². The Balaban J connectivity index is 4.77. The Bertz CT molecular complexity index is 567. The fraction of sp³-hybridized carbons (Fsp3) is 0.952. The molecule has 262 valence electrons. The van der Waals surface area contributed by atoms with E-state index in [4.69, 9.17) is 0 Å². The number of rotatable bonds is 35. The fourth-order valence-electron chi connectivity index (χ4n) is 7.01. The van der Waals surface area contributed by atoms with Crippen LogP contribution in [-0.2, 0) is 9.59 Å². The van der Waals surface area contributed by atoms with Gasteiger partial charge >= 0.3 is 0 Å². The van der Waals surface area contributed by atoms with Gasteiger partial charge in [-0.2, -0.15) is 0 Å². The van der Waals surface area contributed by atoms with Gasteiger partial charge in [-0.05, 0) is 24.7 Å². The predicted octanol–water partition coefficient (Wildman–Crippen LogP) is 14.4. The zero-order valence-electron chi connectivity index (χ0n) is 31.3. The Labute approximate surface area is 278 Å². The molecule has 2 atom stereocenters. The summed E-state index contributed by atoms with van der Waals surface area (Å²) in [6, 6.07) is 0. The van der Waals surface area contributed by atoms with Crippen molar-refractivity contribution in [3.05, 3.63) is 0 Å². The molecule has 0 fully saturated rings. The first-order chi connectivity index (χ1) is 21.3. The molecule has 0 rings (SSSR count). The zero-order valence-corrected chi connectivity index (χ0v) is 31.3. The van der Waals surface area contributed by atoms with Crippen LogP contribution in [-0.4, -0.2) is 11.6 Å². The highest BCUT2D eigenvalue weighted by Gasteiger charge is 2.21. The smallest absolute Gasteiger partial charge is 0.135 e. The first kappa shape index (κ1) is 43.3. The molecule has 0 aliphatic rings. The molecule has 0 aromatic heterocycles. The summed E-state index contributed by atoms with van der Waals surface area (Å²) in [6.07, 6.45) is 39.9. The molecule has 0 saturated carbocycles. The molecule has 0 saturated heterocycles. The first-order valence-electron chi connectivity index (χ1n) is 20.4. The van der Waals surface area contributed by atoms with Crippen molar-refractivity contribution in [2.75, 3.05) is 0 Å². The summed E-state index contributed by atoms with van der Waals surface area (Å²) in [7, 11) is 0. The van der Waals surface area contributed by atoms with E-state index in [2.05, 4.69) is 13.8 Å². The second kappa shape index (κ2) is 32.3. The number of carbonyl (C=O) groups is 2. The van der Waals surface area contributed by atoms with Gasteiger partial charge in [-0.3, -0.25) is 9.59 Å². The van der Waals surface area contributed by atoms with Gasteiger partial charge < -0.3 is 0 Å². The number of Topliss-reactive ketones (excluding diaryl/α,β-unsaturated/α-hetero) is 2. The van der Waals surface area contributed by atoms with Gasteiger partial charge in [-0.1, -0.05) is 208 Å². The molecule has 0 N–H and O–H groups in total. The summed E-state index contributed by atoms with van der Waals surface area (Å²) < 4.78 is 0. The second-order valence-corrected chi connectivity index (χ2v) is 15.2. The van der Waals surface area contributed by atoms with Crippen LogP contribution in [0.15, 0.2) is 0 Å². The van der Waals surface area contributed by atoms with E-state index in [0.717, 1.165) is 37.5 Å². The van der Waals surface area contributed by atoms with Gasteiger partial charge in [0.1, 0.15) is 11.6 Å². The van der Waals surface area contributed by atoms with Gasteiger partial charge in [0.15, 0.2) is 0 Å². The van der Waals surface area contributed by atoms with Crippen molar-refractivity contribution >= 4 is 11.6 Å². The summed E-state index contributed by atoms with van der Waals surface area (Å²) >= 11 is 0. The molecule has 44 heavy (non-hydrogen) atoms. The molecular weight excluding hydrogens is 536 g/mol. The molecule has 0 amide bonds. The average Bonchev–Trinajstić information content (AvgIpc) is 3.00. The summed E-state index contributed by atoms with van der Waals surface area (Å²) in [5.41, 5.74) is 0. The van der Waals surface area contributed by atoms with E-state index >= 15 is 0 Å². The molecule has 0 heterocycles. The molecule has 0 bridgehead atoms. The Morgan fingerprint density at radius 3 is 0.818 bits per heavy atom. The summed E-state index contributed by atoms with van der Waals surface area (Å²) in [6.45, 7) is 12.8. The van der Waals surface area contributed by atoms with Crippen LogP contribution >= 0.6 is 0 Å². The van der Waals surface area contributed by atoms with E-state index in [0.29, 0.717) is 11.6 Å². The highest BCUT2D eigenvalue weighted by molar-refractivity contribution is 5.80. The van der Waals surface area contributed by atoms with Crippen LogP contribution in [0.1, 0.15) is 234 Å². The number of hydrogen-bond acceptors (Lipinski definition) is 2. The van der Waals surface area contributed by atoms with Crippen LogP contribution < -0.4 is 0 Å². The molecule has 0 aliphatic carbocycles. The first-order valence-corrected chi connectivity index (χ1v) is 20.4. The number of unbranched alkanes of at least 4 members (excludes halogenated alkanes) is 20. The standard InChI is InChI=1S/C42H82O2/c1-7-9-11-13-19-25-31-39(33-27-21-15-17-23-29-35-41(43)37(3)4)40(32-26-20-14-12-10-8-2)34-28-22-16-18-24-30-36-42(44)38(5)6/h37-40H,7-36H2,1-6H3. The van der Waals surface area contributed by atoms with E-state index in [9.17, 15) is 9.59 Å². The van der Waals surface area contributed by atoms with Crippen molar-refractivity contribution in [1.29, 1.82) is 0 Å². The number of ketones is 2. The predicted molar refractivity (Wildman–Crippen MR) is 197 cm³/mol. The maximum Gasteiger partial charge on any atom is 0.135 e. The molecule has 0 radical (unpaired) electrons. The largest absolute Gasteiger partial charge is 0.299 e. The molecule has 0 aliphatic heterocycles. The zero-order chi connectivity index (χ0) is 32.7. The third-order valence-electron chi connectivity index (χ3n) is 10.3. The lowest BCUT2D eigenvalue weighted by Crippen LogP contribution is -2.16. The van der Waals surface area contributed by atoms with Gasteiger partial charge in [0, 0.05) is 24.7 Å². The fourth-order valence-corrected chi connectivity index (χ4v) is 7.01. The molecule has 0 aromatic rings. The Kier molecular flexibility index (Phi) is 31.8. The van der Waals surface area contributed by atoms with Crippen molar-refractivity contribution in [3.8, 4) is 0 Å². The van der Waals surface area contributed by atoms with Crippen LogP contribution in [0.5, 0.6) is 0 Å². The van der Waals surface area contributed by atoms with E-state index in [-0.39, 0.29) is 11.8 Å². The van der Waals surface area contributed by atoms with Crippen molar-refractivity contribution in [2.45, 2.75) is 234 Å². The van der Waals surface area contributed by atoms with Gasteiger partial charge in [0.05, 0.1) is 0 Å². The maximum absolute atomic E-state index is 11.9. The highest BCUT2D eigenvalue weighted by Crippen LogP contribution is 2.34. The topological polar surface area (TPSA) is 34.1 Å². The van der Waals surface area contributed by atoms with Crippen LogP contribution in [0.4, 0.5) is 0 Å². The molecular formula is C42H82O2.